The summed E-state index contributed by atoms with van der Waals surface area (Å²) in [6.07, 6.45) is 4.43. The fourth-order valence-electron chi connectivity index (χ4n) is 3.14. The van der Waals surface area contributed by atoms with Crippen LogP contribution < -0.4 is 4.90 Å². The molecule has 3 nitrogen and oxygen atoms in total. The van der Waals surface area contributed by atoms with E-state index in [0.29, 0.717) is 6.04 Å². The zero-order chi connectivity index (χ0) is 15.2. The lowest BCUT2D eigenvalue weighted by molar-refractivity contribution is 0.0844. The summed E-state index contributed by atoms with van der Waals surface area (Å²) in [6, 6.07) is 9.31. The van der Waals surface area contributed by atoms with E-state index in [9.17, 15) is 0 Å². The molecule has 1 aliphatic rings. The van der Waals surface area contributed by atoms with E-state index in [4.69, 9.17) is 4.74 Å². The van der Waals surface area contributed by atoms with Gasteiger partial charge in [-0.05, 0) is 50.5 Å². The molecule has 0 amide bonds. The molecule has 0 atom stereocenters. The lowest BCUT2D eigenvalue weighted by Crippen LogP contribution is -2.40. The normalized spacial score (nSPS) is 15.6. The van der Waals surface area contributed by atoms with E-state index in [2.05, 4.69) is 53.6 Å². The summed E-state index contributed by atoms with van der Waals surface area (Å²) in [4.78, 5) is 2.55. The van der Waals surface area contributed by atoms with Crippen molar-refractivity contribution in [2.75, 3.05) is 24.7 Å². The van der Waals surface area contributed by atoms with Crippen molar-refractivity contribution >= 4 is 11.3 Å². The van der Waals surface area contributed by atoms with Crippen molar-refractivity contribution in [3.05, 3.63) is 36.0 Å². The quantitative estimate of drug-likeness (QED) is 0.838. The van der Waals surface area contributed by atoms with E-state index in [0.717, 1.165) is 32.6 Å². The van der Waals surface area contributed by atoms with Crippen molar-refractivity contribution in [3.63, 3.8) is 0 Å². The number of nitrogens with zero attached hydrogens (tertiary/aromatic N) is 2. The molecule has 1 fully saturated rings. The Balaban J connectivity index is 0.000000774. The van der Waals surface area contributed by atoms with Crippen molar-refractivity contribution in [2.45, 2.75) is 46.6 Å². The minimum absolute atomic E-state index is 0.602. The molecule has 3 heteroatoms. The van der Waals surface area contributed by atoms with Crippen molar-refractivity contribution in [1.29, 1.82) is 0 Å². The van der Waals surface area contributed by atoms with E-state index in [-0.39, 0.29) is 0 Å². The number of aromatic nitrogens is 1. The molecule has 0 bridgehead atoms. The van der Waals surface area contributed by atoms with Gasteiger partial charge >= 0.3 is 0 Å². The third-order valence-corrected chi connectivity index (χ3v) is 4.11. The van der Waals surface area contributed by atoms with Gasteiger partial charge in [0.2, 0.25) is 0 Å². The van der Waals surface area contributed by atoms with Crippen LogP contribution in [0.1, 0.15) is 39.2 Å². The van der Waals surface area contributed by atoms with Crippen molar-refractivity contribution in [3.8, 4) is 0 Å². The Bertz CT molecular complexity index is 555. The predicted molar refractivity (Wildman–Crippen MR) is 90.3 cm³/mol. The molecule has 0 saturated carbocycles. The van der Waals surface area contributed by atoms with Crippen LogP contribution in [0.2, 0.25) is 0 Å². The Hall–Kier alpha value is -1.48. The van der Waals surface area contributed by atoms with Gasteiger partial charge in [0.1, 0.15) is 5.82 Å². The van der Waals surface area contributed by atoms with Gasteiger partial charge in [0, 0.05) is 37.5 Å². The molecule has 0 radical (unpaired) electrons. The molecule has 0 aromatic carbocycles. The summed E-state index contributed by atoms with van der Waals surface area (Å²) in [7, 11) is 0. The maximum Gasteiger partial charge on any atom is 0.116 e. The highest BCUT2D eigenvalue weighted by molar-refractivity contribution is 5.60. The van der Waals surface area contributed by atoms with Crippen LogP contribution >= 0.6 is 0 Å². The molecule has 0 aliphatic carbocycles. The Morgan fingerprint density at radius 3 is 2.57 bits per heavy atom. The Morgan fingerprint density at radius 1 is 1.19 bits per heavy atom. The van der Waals surface area contributed by atoms with Crippen LogP contribution in [0.5, 0.6) is 0 Å². The summed E-state index contributed by atoms with van der Waals surface area (Å²) in [6.45, 7) is 11.3. The predicted octanol–water partition coefficient (Wildman–Crippen LogP) is 4.28. The van der Waals surface area contributed by atoms with Crippen LogP contribution in [0, 0.1) is 6.92 Å². The van der Waals surface area contributed by atoms with Gasteiger partial charge in [-0.3, -0.25) is 0 Å². The molecule has 1 aliphatic heterocycles. The van der Waals surface area contributed by atoms with E-state index in [1.165, 1.54) is 16.9 Å². The average molecular weight is 288 g/mol. The second-order valence-electron chi connectivity index (χ2n) is 5.27. The van der Waals surface area contributed by atoms with Crippen molar-refractivity contribution in [1.82, 2.24) is 4.40 Å². The third-order valence-electron chi connectivity index (χ3n) is 4.11. The molecule has 3 heterocycles. The molecular weight excluding hydrogens is 260 g/mol. The molecule has 21 heavy (non-hydrogen) atoms. The van der Waals surface area contributed by atoms with Gasteiger partial charge in [-0.15, -0.1) is 0 Å². The van der Waals surface area contributed by atoms with Gasteiger partial charge in [0.05, 0.1) is 0 Å². The first kappa shape index (κ1) is 15.9. The molecule has 2 aromatic heterocycles. The van der Waals surface area contributed by atoms with Crippen LogP contribution in [-0.4, -0.2) is 30.2 Å². The highest BCUT2D eigenvalue weighted by atomic mass is 16.5. The smallest absolute Gasteiger partial charge is 0.116 e. The topological polar surface area (TPSA) is 16.9 Å². The van der Waals surface area contributed by atoms with Crippen molar-refractivity contribution in [2.24, 2.45) is 0 Å². The van der Waals surface area contributed by atoms with Gasteiger partial charge in [0.15, 0.2) is 0 Å². The summed E-state index contributed by atoms with van der Waals surface area (Å²) in [5, 5.41) is 0. The van der Waals surface area contributed by atoms with Gasteiger partial charge in [0.25, 0.3) is 0 Å². The van der Waals surface area contributed by atoms with Crippen LogP contribution in [-0.2, 0) is 4.74 Å². The van der Waals surface area contributed by atoms with E-state index in [1.54, 1.807) is 0 Å². The lowest BCUT2D eigenvalue weighted by Gasteiger charge is -2.36. The number of aryl methyl sites for hydroxylation is 1. The fourth-order valence-corrected chi connectivity index (χ4v) is 3.14. The maximum atomic E-state index is 5.50. The second kappa shape index (κ2) is 7.51. The molecular formula is C18H28N2O. The first-order valence-electron chi connectivity index (χ1n) is 8.22. The van der Waals surface area contributed by atoms with Gasteiger partial charge in [-0.1, -0.05) is 19.9 Å². The number of hydrogen-bond donors (Lipinski definition) is 0. The van der Waals surface area contributed by atoms with E-state index < -0.39 is 0 Å². The number of fused-ring (bicyclic) bond motifs is 1. The monoisotopic (exact) mass is 288 g/mol. The first-order valence-corrected chi connectivity index (χ1v) is 8.22. The van der Waals surface area contributed by atoms with Crippen molar-refractivity contribution < 1.29 is 4.74 Å². The van der Waals surface area contributed by atoms with Crippen LogP contribution in [0.25, 0.3) is 5.52 Å². The Morgan fingerprint density at radius 2 is 1.90 bits per heavy atom. The summed E-state index contributed by atoms with van der Waals surface area (Å²) >= 11 is 0. The highest BCUT2D eigenvalue weighted by Crippen LogP contribution is 2.27. The van der Waals surface area contributed by atoms with Crippen LogP contribution in [0.3, 0.4) is 0 Å². The summed E-state index contributed by atoms with van der Waals surface area (Å²) in [5.41, 5.74) is 2.61. The SMILES string of the molecule is CC.CCN(c1c(C)ccc2cccn12)C1CCOCC1. The molecule has 0 N–H and O–H groups in total. The highest BCUT2D eigenvalue weighted by Gasteiger charge is 2.23. The number of pyridine rings is 1. The number of hydrogen-bond acceptors (Lipinski definition) is 2. The summed E-state index contributed by atoms with van der Waals surface area (Å²) in [5.74, 6) is 1.34. The van der Waals surface area contributed by atoms with Crippen LogP contribution in [0.15, 0.2) is 30.5 Å². The van der Waals surface area contributed by atoms with E-state index in [1.807, 2.05) is 13.8 Å². The summed E-state index contributed by atoms with van der Waals surface area (Å²) < 4.78 is 7.81. The minimum Gasteiger partial charge on any atom is -0.381 e. The maximum absolute atomic E-state index is 5.50. The first-order chi connectivity index (χ1) is 10.3. The molecule has 3 rings (SSSR count). The lowest BCUT2D eigenvalue weighted by atomic mass is 10.1. The van der Waals surface area contributed by atoms with Gasteiger partial charge in [-0.2, -0.15) is 0 Å². The molecule has 0 spiro atoms. The molecule has 2 aromatic rings. The van der Waals surface area contributed by atoms with Gasteiger partial charge in [-0.25, -0.2) is 0 Å². The molecule has 0 unspecified atom stereocenters. The average Bonchev–Trinajstić information content (AvgIpc) is 3.02. The standard InChI is InChI=1S/C16H22N2O.C2H6/c1-3-17(15-8-11-19-12-9-15)16-13(2)6-7-14-5-4-10-18(14)16;1-2/h4-7,10,15H,3,8-9,11-12H2,1-2H3;1-2H3. The second-order valence-corrected chi connectivity index (χ2v) is 5.27. The zero-order valence-electron chi connectivity index (χ0n) is 13.8. The molecule has 1 saturated heterocycles. The minimum atomic E-state index is 0.602. The van der Waals surface area contributed by atoms with Crippen LogP contribution in [0.4, 0.5) is 5.82 Å². The third kappa shape index (κ3) is 3.24. The number of anilines is 1. The zero-order valence-corrected chi connectivity index (χ0v) is 13.8. The Labute approximate surface area is 128 Å². The number of rotatable bonds is 3. The largest absolute Gasteiger partial charge is 0.381 e. The Kier molecular flexibility index (Phi) is 5.68. The van der Waals surface area contributed by atoms with Gasteiger partial charge < -0.3 is 14.0 Å². The number of ether oxygens (including phenoxy) is 1. The molecule has 116 valence electrons. The fraction of sp³-hybridized carbons (Fsp3) is 0.556. The van der Waals surface area contributed by atoms with E-state index >= 15 is 0 Å².